The minimum Gasteiger partial charge on any atom is -0.496 e. The maximum Gasteiger partial charge on any atom is 0.248 e. The van der Waals surface area contributed by atoms with Crippen molar-refractivity contribution in [3.63, 3.8) is 0 Å². The van der Waals surface area contributed by atoms with E-state index in [2.05, 4.69) is 10.3 Å². The Balaban J connectivity index is 1.52. The van der Waals surface area contributed by atoms with Gasteiger partial charge in [0.25, 0.3) is 0 Å². The van der Waals surface area contributed by atoms with Crippen molar-refractivity contribution < 1.29 is 14.3 Å². The van der Waals surface area contributed by atoms with Crippen LogP contribution in [0.3, 0.4) is 0 Å². The highest BCUT2D eigenvalue weighted by molar-refractivity contribution is 7.22. The first-order valence-electron chi connectivity index (χ1n) is 8.73. The number of methoxy groups -OCH3 is 1. The molecule has 27 heavy (non-hydrogen) atoms. The molecule has 3 aromatic rings. The van der Waals surface area contributed by atoms with E-state index in [0.717, 1.165) is 15.8 Å². The molecule has 1 aromatic heterocycles. The molecule has 7 heteroatoms. The molecule has 1 atom stereocenters. The quantitative estimate of drug-likeness (QED) is 0.735. The Hall–Kier alpha value is -2.93. The zero-order valence-electron chi connectivity index (χ0n) is 14.8. The van der Waals surface area contributed by atoms with Crippen molar-refractivity contribution in [2.24, 2.45) is 0 Å². The van der Waals surface area contributed by atoms with E-state index in [-0.39, 0.29) is 11.8 Å². The highest BCUT2D eigenvalue weighted by Gasteiger charge is 2.36. The second-order valence-corrected chi connectivity index (χ2v) is 7.39. The first-order chi connectivity index (χ1) is 13.2. The summed E-state index contributed by atoms with van der Waals surface area (Å²) in [4.78, 5) is 31.3. The number of benzene rings is 2. The third-order valence-corrected chi connectivity index (χ3v) is 5.64. The number of carbonyl (C=O) groups is 2. The van der Waals surface area contributed by atoms with Crippen LogP contribution in [0.1, 0.15) is 18.4 Å². The van der Waals surface area contributed by atoms with E-state index >= 15 is 0 Å². The molecule has 1 fully saturated rings. The smallest absolute Gasteiger partial charge is 0.248 e. The van der Waals surface area contributed by atoms with Gasteiger partial charge in [0.05, 0.1) is 23.9 Å². The highest BCUT2D eigenvalue weighted by Crippen LogP contribution is 2.29. The van der Waals surface area contributed by atoms with Gasteiger partial charge in [-0.05, 0) is 24.6 Å². The molecule has 0 radical (unpaired) electrons. The number of hydrogen-bond acceptors (Lipinski definition) is 5. The number of amides is 2. The summed E-state index contributed by atoms with van der Waals surface area (Å²) in [6.45, 7) is 0.348. The Bertz CT molecular complexity index is 968. The van der Waals surface area contributed by atoms with E-state index < -0.39 is 6.04 Å². The summed E-state index contributed by atoms with van der Waals surface area (Å²) in [7, 11) is 1.60. The van der Waals surface area contributed by atoms with Gasteiger partial charge in [-0.3, -0.25) is 9.59 Å². The Kier molecular flexibility index (Phi) is 4.77. The minimum absolute atomic E-state index is 0.0228. The van der Waals surface area contributed by atoms with Gasteiger partial charge in [-0.2, -0.15) is 0 Å². The van der Waals surface area contributed by atoms with Crippen molar-refractivity contribution >= 4 is 38.5 Å². The average Bonchev–Trinajstić information content (AvgIpc) is 3.25. The van der Waals surface area contributed by atoms with Gasteiger partial charge in [0.1, 0.15) is 11.8 Å². The van der Waals surface area contributed by atoms with Crippen molar-refractivity contribution in [1.29, 1.82) is 0 Å². The number of nitrogens with zero attached hydrogens (tertiary/aromatic N) is 2. The number of anilines is 1. The van der Waals surface area contributed by atoms with Crippen LogP contribution in [0.4, 0.5) is 5.13 Å². The van der Waals surface area contributed by atoms with Crippen molar-refractivity contribution in [2.75, 3.05) is 12.4 Å². The topological polar surface area (TPSA) is 71.5 Å². The largest absolute Gasteiger partial charge is 0.496 e. The van der Waals surface area contributed by atoms with E-state index in [1.165, 1.54) is 11.3 Å². The van der Waals surface area contributed by atoms with Crippen LogP contribution < -0.4 is 10.1 Å². The molecule has 6 nitrogen and oxygen atoms in total. The Labute approximate surface area is 160 Å². The summed E-state index contributed by atoms with van der Waals surface area (Å²) in [5.41, 5.74) is 1.74. The normalized spacial score (nSPS) is 16.7. The lowest BCUT2D eigenvalue weighted by Gasteiger charge is -2.24. The molecule has 4 rings (SSSR count). The zero-order chi connectivity index (χ0) is 18.8. The van der Waals surface area contributed by atoms with Gasteiger partial charge >= 0.3 is 0 Å². The summed E-state index contributed by atoms with van der Waals surface area (Å²) in [5.74, 6) is 0.489. The number of likely N-dealkylation sites (tertiary alicyclic amines) is 1. The molecule has 0 spiro atoms. The van der Waals surface area contributed by atoms with Crippen molar-refractivity contribution in [3.8, 4) is 5.75 Å². The van der Waals surface area contributed by atoms with Gasteiger partial charge in [0, 0.05) is 12.0 Å². The van der Waals surface area contributed by atoms with E-state index in [9.17, 15) is 9.59 Å². The van der Waals surface area contributed by atoms with E-state index in [1.54, 1.807) is 12.0 Å². The molecule has 1 N–H and O–H groups in total. The summed E-state index contributed by atoms with van der Waals surface area (Å²) < 4.78 is 6.38. The van der Waals surface area contributed by atoms with Gasteiger partial charge in [-0.25, -0.2) is 4.98 Å². The van der Waals surface area contributed by atoms with Crippen LogP contribution in [0.25, 0.3) is 10.2 Å². The summed E-state index contributed by atoms with van der Waals surface area (Å²) >= 11 is 1.43. The lowest BCUT2D eigenvalue weighted by molar-refractivity contribution is -0.133. The van der Waals surface area contributed by atoms with Gasteiger partial charge in [0.2, 0.25) is 11.8 Å². The number of thiazole rings is 1. The monoisotopic (exact) mass is 381 g/mol. The van der Waals surface area contributed by atoms with Crippen LogP contribution in [0, 0.1) is 0 Å². The molecule has 2 amide bonds. The fourth-order valence-electron chi connectivity index (χ4n) is 3.34. The van der Waals surface area contributed by atoms with Crippen LogP contribution in [0.5, 0.6) is 5.75 Å². The number of aromatic nitrogens is 1. The number of nitrogens with one attached hydrogen (secondary N) is 1. The van der Waals surface area contributed by atoms with Crippen molar-refractivity contribution in [2.45, 2.75) is 25.4 Å². The van der Waals surface area contributed by atoms with Crippen LogP contribution in [0.15, 0.2) is 48.5 Å². The summed E-state index contributed by atoms with van der Waals surface area (Å²) in [6.07, 6.45) is 0.873. The van der Waals surface area contributed by atoms with E-state index in [1.807, 2.05) is 48.5 Å². The molecule has 1 unspecified atom stereocenters. The van der Waals surface area contributed by atoms with E-state index in [0.29, 0.717) is 30.3 Å². The average molecular weight is 381 g/mol. The van der Waals surface area contributed by atoms with Crippen LogP contribution in [0.2, 0.25) is 0 Å². The zero-order valence-corrected chi connectivity index (χ0v) is 15.7. The molecule has 0 bridgehead atoms. The van der Waals surface area contributed by atoms with Crippen molar-refractivity contribution in [1.82, 2.24) is 9.88 Å². The Morgan fingerprint density at radius 3 is 2.85 bits per heavy atom. The Morgan fingerprint density at radius 2 is 2.04 bits per heavy atom. The molecule has 1 saturated heterocycles. The number of hydrogen-bond donors (Lipinski definition) is 1. The third kappa shape index (κ3) is 3.50. The molecular formula is C20H19N3O3S. The fraction of sp³-hybridized carbons (Fsp3) is 0.250. The first-order valence-corrected chi connectivity index (χ1v) is 9.55. The molecule has 1 aliphatic heterocycles. The van der Waals surface area contributed by atoms with E-state index in [4.69, 9.17) is 4.74 Å². The molecule has 138 valence electrons. The maximum atomic E-state index is 12.8. The second-order valence-electron chi connectivity index (χ2n) is 6.36. The molecule has 1 aliphatic rings. The first kappa shape index (κ1) is 17.5. The predicted molar refractivity (Wildman–Crippen MR) is 105 cm³/mol. The van der Waals surface area contributed by atoms with Crippen molar-refractivity contribution in [3.05, 3.63) is 54.1 Å². The standard InChI is InChI=1S/C20H19N3O3S/c1-26-16-8-4-2-6-13(16)12-23-15(10-11-18(23)24)19(25)22-20-21-14-7-3-5-9-17(14)27-20/h2-9,15H,10-12H2,1H3,(H,21,22,25). The molecule has 0 aliphatic carbocycles. The summed E-state index contributed by atoms with van der Waals surface area (Å²) in [6, 6.07) is 14.8. The summed E-state index contributed by atoms with van der Waals surface area (Å²) in [5, 5.41) is 3.44. The Morgan fingerprint density at radius 1 is 1.26 bits per heavy atom. The lowest BCUT2D eigenvalue weighted by Crippen LogP contribution is -2.41. The van der Waals surface area contributed by atoms with Crippen LogP contribution in [-0.4, -0.2) is 34.8 Å². The third-order valence-electron chi connectivity index (χ3n) is 4.69. The fourth-order valence-corrected chi connectivity index (χ4v) is 4.20. The minimum atomic E-state index is -0.505. The number of para-hydroxylation sites is 2. The molecular weight excluding hydrogens is 362 g/mol. The second kappa shape index (κ2) is 7.36. The van der Waals surface area contributed by atoms with Gasteiger partial charge in [-0.1, -0.05) is 41.7 Å². The number of fused-ring (bicyclic) bond motifs is 1. The number of rotatable bonds is 5. The number of ether oxygens (including phenoxy) is 1. The van der Waals surface area contributed by atoms with Gasteiger partial charge in [0.15, 0.2) is 5.13 Å². The number of carbonyl (C=O) groups excluding carboxylic acids is 2. The van der Waals surface area contributed by atoms with Crippen LogP contribution in [-0.2, 0) is 16.1 Å². The van der Waals surface area contributed by atoms with Gasteiger partial charge < -0.3 is 15.0 Å². The molecule has 2 heterocycles. The maximum absolute atomic E-state index is 12.8. The molecule has 0 saturated carbocycles. The highest BCUT2D eigenvalue weighted by atomic mass is 32.1. The lowest BCUT2D eigenvalue weighted by atomic mass is 10.1. The van der Waals surface area contributed by atoms with Gasteiger partial charge in [-0.15, -0.1) is 0 Å². The molecule has 2 aromatic carbocycles. The SMILES string of the molecule is COc1ccccc1CN1C(=O)CCC1C(=O)Nc1nc2ccccc2s1. The van der Waals surface area contributed by atoms with Crippen LogP contribution >= 0.6 is 11.3 Å². The predicted octanol–water partition coefficient (Wildman–Crippen LogP) is 3.43.